The SMILES string of the molecule is O=C(COC(=O)/C=C/c1ccc([N+](=O)[O-])cc1)NCCOc1ccccc1. The van der Waals surface area contributed by atoms with Gasteiger partial charge in [-0.15, -0.1) is 0 Å². The lowest BCUT2D eigenvalue weighted by Crippen LogP contribution is -2.31. The van der Waals surface area contributed by atoms with Crippen LogP contribution in [0.15, 0.2) is 60.7 Å². The fourth-order valence-corrected chi connectivity index (χ4v) is 1.98. The summed E-state index contributed by atoms with van der Waals surface area (Å²) in [6.45, 7) is 0.169. The maximum atomic E-state index is 11.6. The number of nitro benzene ring substituents is 1. The lowest BCUT2D eigenvalue weighted by atomic mass is 10.2. The first kappa shape index (κ1) is 19.6. The van der Waals surface area contributed by atoms with E-state index in [-0.39, 0.29) is 12.2 Å². The molecule has 0 aromatic heterocycles. The summed E-state index contributed by atoms with van der Waals surface area (Å²) in [5, 5.41) is 13.1. The van der Waals surface area contributed by atoms with Crippen molar-refractivity contribution in [3.8, 4) is 5.75 Å². The first-order valence-corrected chi connectivity index (χ1v) is 8.08. The average Bonchev–Trinajstić information content (AvgIpc) is 2.69. The van der Waals surface area contributed by atoms with E-state index in [1.165, 1.54) is 30.3 Å². The molecule has 1 amide bonds. The zero-order valence-electron chi connectivity index (χ0n) is 14.4. The number of nitro groups is 1. The van der Waals surface area contributed by atoms with Crippen LogP contribution in [-0.4, -0.2) is 36.6 Å². The fourth-order valence-electron chi connectivity index (χ4n) is 1.98. The second-order valence-electron chi connectivity index (χ2n) is 5.30. The van der Waals surface area contributed by atoms with E-state index in [1.54, 1.807) is 12.1 Å². The second-order valence-corrected chi connectivity index (χ2v) is 5.30. The number of nitrogens with zero attached hydrogens (tertiary/aromatic N) is 1. The number of nitrogens with one attached hydrogen (secondary N) is 1. The van der Waals surface area contributed by atoms with Gasteiger partial charge in [0.05, 0.1) is 11.5 Å². The highest BCUT2D eigenvalue weighted by Crippen LogP contribution is 2.12. The number of carbonyl (C=O) groups excluding carboxylic acids is 2. The molecular weight excluding hydrogens is 352 g/mol. The molecule has 0 fully saturated rings. The Labute approximate surface area is 155 Å². The number of para-hydroxylation sites is 1. The lowest BCUT2D eigenvalue weighted by Gasteiger charge is -2.07. The van der Waals surface area contributed by atoms with Gasteiger partial charge in [0, 0.05) is 18.2 Å². The summed E-state index contributed by atoms with van der Waals surface area (Å²) in [6.07, 6.45) is 2.59. The Kier molecular flexibility index (Phi) is 7.52. The van der Waals surface area contributed by atoms with Crippen LogP contribution in [0.3, 0.4) is 0 Å². The van der Waals surface area contributed by atoms with Crippen LogP contribution in [0.25, 0.3) is 6.08 Å². The number of esters is 1. The van der Waals surface area contributed by atoms with Crippen molar-refractivity contribution in [2.45, 2.75) is 0 Å². The van der Waals surface area contributed by atoms with E-state index >= 15 is 0 Å². The molecule has 140 valence electrons. The molecule has 0 saturated carbocycles. The van der Waals surface area contributed by atoms with Crippen LogP contribution < -0.4 is 10.1 Å². The minimum atomic E-state index is -0.691. The normalized spacial score (nSPS) is 10.4. The van der Waals surface area contributed by atoms with Crippen molar-refractivity contribution in [3.05, 3.63) is 76.4 Å². The second kappa shape index (κ2) is 10.3. The number of hydrogen-bond acceptors (Lipinski definition) is 6. The Balaban J connectivity index is 1.64. The molecule has 0 saturated heterocycles. The summed E-state index contributed by atoms with van der Waals surface area (Å²) in [4.78, 5) is 33.2. The van der Waals surface area contributed by atoms with Gasteiger partial charge in [-0.05, 0) is 35.9 Å². The molecule has 0 spiro atoms. The van der Waals surface area contributed by atoms with E-state index in [0.29, 0.717) is 17.9 Å². The lowest BCUT2D eigenvalue weighted by molar-refractivity contribution is -0.384. The van der Waals surface area contributed by atoms with Gasteiger partial charge in [-0.3, -0.25) is 14.9 Å². The van der Waals surface area contributed by atoms with E-state index in [2.05, 4.69) is 5.32 Å². The molecule has 0 aliphatic rings. The molecule has 0 radical (unpaired) electrons. The highest BCUT2D eigenvalue weighted by molar-refractivity contribution is 5.89. The molecular formula is C19H18N2O6. The van der Waals surface area contributed by atoms with Crippen LogP contribution in [0.4, 0.5) is 5.69 Å². The Morgan fingerprint density at radius 1 is 1.07 bits per heavy atom. The summed E-state index contributed by atoms with van der Waals surface area (Å²) in [7, 11) is 0. The number of non-ortho nitro benzene ring substituents is 1. The number of ether oxygens (including phenoxy) is 2. The molecule has 0 unspecified atom stereocenters. The monoisotopic (exact) mass is 370 g/mol. The van der Waals surface area contributed by atoms with E-state index in [0.717, 1.165) is 6.08 Å². The van der Waals surface area contributed by atoms with E-state index in [9.17, 15) is 19.7 Å². The Morgan fingerprint density at radius 3 is 2.44 bits per heavy atom. The smallest absolute Gasteiger partial charge is 0.331 e. The molecule has 0 aliphatic heterocycles. The van der Waals surface area contributed by atoms with Gasteiger partial charge in [-0.25, -0.2) is 4.79 Å². The minimum Gasteiger partial charge on any atom is -0.492 e. The molecule has 0 aliphatic carbocycles. The zero-order chi connectivity index (χ0) is 19.5. The third kappa shape index (κ3) is 7.39. The van der Waals surface area contributed by atoms with E-state index in [4.69, 9.17) is 9.47 Å². The largest absolute Gasteiger partial charge is 0.492 e. The van der Waals surface area contributed by atoms with Crippen LogP contribution in [-0.2, 0) is 14.3 Å². The van der Waals surface area contributed by atoms with Gasteiger partial charge >= 0.3 is 5.97 Å². The molecule has 27 heavy (non-hydrogen) atoms. The molecule has 0 heterocycles. The first-order chi connectivity index (χ1) is 13.0. The van der Waals surface area contributed by atoms with Crippen molar-refractivity contribution in [3.63, 3.8) is 0 Å². The third-order valence-corrected chi connectivity index (χ3v) is 3.30. The zero-order valence-corrected chi connectivity index (χ0v) is 14.4. The highest BCUT2D eigenvalue weighted by Gasteiger charge is 2.05. The molecule has 1 N–H and O–H groups in total. The van der Waals surface area contributed by atoms with Gasteiger partial charge in [0.15, 0.2) is 6.61 Å². The van der Waals surface area contributed by atoms with Gasteiger partial charge in [0.1, 0.15) is 12.4 Å². The van der Waals surface area contributed by atoms with Crippen LogP contribution in [0.2, 0.25) is 0 Å². The Morgan fingerprint density at radius 2 is 1.78 bits per heavy atom. The molecule has 0 bridgehead atoms. The van der Waals surface area contributed by atoms with Gasteiger partial charge in [-0.2, -0.15) is 0 Å². The van der Waals surface area contributed by atoms with E-state index < -0.39 is 23.4 Å². The van der Waals surface area contributed by atoms with Crippen molar-refractivity contribution in [2.75, 3.05) is 19.8 Å². The summed E-state index contributed by atoms with van der Waals surface area (Å²) < 4.78 is 10.2. The third-order valence-electron chi connectivity index (χ3n) is 3.30. The Bertz CT molecular complexity index is 803. The van der Waals surface area contributed by atoms with Gasteiger partial charge in [-0.1, -0.05) is 18.2 Å². The number of hydrogen-bond donors (Lipinski definition) is 1. The van der Waals surface area contributed by atoms with Crippen LogP contribution in [0, 0.1) is 10.1 Å². The van der Waals surface area contributed by atoms with Crippen molar-refractivity contribution >= 4 is 23.6 Å². The topological polar surface area (TPSA) is 108 Å². The van der Waals surface area contributed by atoms with E-state index in [1.807, 2.05) is 18.2 Å². The predicted octanol–water partition coefficient (Wildman–Crippen LogP) is 2.35. The van der Waals surface area contributed by atoms with Crippen LogP contribution in [0.1, 0.15) is 5.56 Å². The maximum Gasteiger partial charge on any atom is 0.331 e. The minimum absolute atomic E-state index is 0.0392. The van der Waals surface area contributed by atoms with Gasteiger partial charge < -0.3 is 14.8 Å². The van der Waals surface area contributed by atoms with Crippen molar-refractivity contribution in [1.29, 1.82) is 0 Å². The standard InChI is InChI=1S/C19H18N2O6/c22-18(20-12-13-26-17-4-2-1-3-5-17)14-27-19(23)11-8-15-6-9-16(10-7-15)21(24)25/h1-11H,12-14H2,(H,20,22)/b11-8+. The molecule has 2 aromatic rings. The summed E-state index contributed by atoms with van der Waals surface area (Å²) in [6, 6.07) is 14.8. The number of carbonyl (C=O) groups is 2. The summed E-state index contributed by atoms with van der Waals surface area (Å²) >= 11 is 0. The highest BCUT2D eigenvalue weighted by atomic mass is 16.6. The van der Waals surface area contributed by atoms with Crippen LogP contribution >= 0.6 is 0 Å². The quantitative estimate of drug-likeness (QED) is 0.239. The molecule has 2 aromatic carbocycles. The number of amides is 1. The Hall–Kier alpha value is -3.68. The van der Waals surface area contributed by atoms with Gasteiger partial charge in [0.25, 0.3) is 11.6 Å². The fraction of sp³-hybridized carbons (Fsp3) is 0.158. The predicted molar refractivity (Wildman–Crippen MR) is 98.0 cm³/mol. The maximum absolute atomic E-state index is 11.6. The number of rotatable bonds is 9. The molecule has 8 nitrogen and oxygen atoms in total. The average molecular weight is 370 g/mol. The van der Waals surface area contributed by atoms with Crippen molar-refractivity contribution in [1.82, 2.24) is 5.32 Å². The summed E-state index contributed by atoms with van der Waals surface area (Å²) in [5.74, 6) is -0.428. The van der Waals surface area contributed by atoms with Gasteiger partial charge in [0.2, 0.25) is 0 Å². The summed E-state index contributed by atoms with van der Waals surface area (Å²) in [5.41, 5.74) is 0.558. The number of benzene rings is 2. The molecule has 0 atom stereocenters. The van der Waals surface area contributed by atoms with Crippen molar-refractivity contribution in [2.24, 2.45) is 0 Å². The molecule has 2 rings (SSSR count). The first-order valence-electron chi connectivity index (χ1n) is 8.08. The van der Waals surface area contributed by atoms with Crippen molar-refractivity contribution < 1.29 is 24.0 Å². The van der Waals surface area contributed by atoms with Crippen LogP contribution in [0.5, 0.6) is 5.75 Å². The molecule has 8 heteroatoms.